The van der Waals surface area contributed by atoms with Gasteiger partial charge in [-0.2, -0.15) is 4.98 Å². The third-order valence-electron chi connectivity index (χ3n) is 2.59. The molecule has 1 unspecified atom stereocenters. The first-order chi connectivity index (χ1) is 10.9. The largest absolute Gasteiger partial charge is 0.448 e. The molecule has 23 heavy (non-hydrogen) atoms. The number of rotatable bonds is 4. The van der Waals surface area contributed by atoms with Gasteiger partial charge in [0.15, 0.2) is 0 Å². The van der Waals surface area contributed by atoms with Crippen LogP contribution in [0.5, 0.6) is 0 Å². The van der Waals surface area contributed by atoms with Crippen LogP contribution in [0.15, 0.2) is 39.9 Å². The molecule has 0 saturated carbocycles. The summed E-state index contributed by atoms with van der Waals surface area (Å²) >= 11 is 5.69. The van der Waals surface area contributed by atoms with E-state index in [-0.39, 0.29) is 17.8 Å². The summed E-state index contributed by atoms with van der Waals surface area (Å²) in [6.07, 6.45) is 1.77. The van der Waals surface area contributed by atoms with Crippen molar-refractivity contribution in [1.29, 1.82) is 0 Å². The lowest BCUT2D eigenvalue weighted by molar-refractivity contribution is 0.164. The Balaban J connectivity index is 2.29. The molecule has 8 nitrogen and oxygen atoms in total. The Bertz CT molecular complexity index is 836. The number of nitrogens with zero attached hydrogens (tertiary/aromatic N) is 4. The normalized spacial score (nSPS) is 13.0. The minimum absolute atomic E-state index is 0.0512. The predicted octanol–water partition coefficient (Wildman–Crippen LogP) is 2.88. The molecule has 1 N–H and O–H groups in total. The highest BCUT2D eigenvalue weighted by atomic mass is 35.5. The molecule has 0 aliphatic rings. The molecule has 1 heterocycles. The maximum atomic E-state index is 12.6. The second-order valence-electron chi connectivity index (χ2n) is 4.32. The molecule has 1 amide bonds. The molecule has 1 aromatic carbocycles. The topological polar surface area (TPSA) is 106 Å². The number of nitrogens with one attached hydrogen (secondary N) is 1. The van der Waals surface area contributed by atoms with E-state index in [1.165, 1.54) is 12.6 Å². The van der Waals surface area contributed by atoms with Crippen LogP contribution < -0.4 is 5.32 Å². The fourth-order valence-electron chi connectivity index (χ4n) is 1.62. The van der Waals surface area contributed by atoms with Crippen LogP contribution in [-0.2, 0) is 14.5 Å². The number of aromatic nitrogens is 3. The third-order valence-corrected chi connectivity index (χ3v) is 4.39. The highest BCUT2D eigenvalue weighted by Crippen LogP contribution is 2.19. The van der Waals surface area contributed by atoms with Crippen LogP contribution in [0.4, 0.5) is 16.4 Å². The third kappa shape index (κ3) is 4.86. The van der Waals surface area contributed by atoms with Gasteiger partial charge in [-0.3, -0.25) is 0 Å². The molecule has 0 aliphatic carbocycles. The Morgan fingerprint density at radius 1 is 1.43 bits per heavy atom. The number of carbonyl (C=O) groups is 1. The van der Waals surface area contributed by atoms with E-state index in [0.717, 1.165) is 0 Å². The Hall–Kier alpha value is -2.26. The molecule has 0 spiro atoms. The first-order valence-electron chi connectivity index (χ1n) is 6.51. The van der Waals surface area contributed by atoms with Gasteiger partial charge in [0, 0.05) is 16.8 Å². The number of ether oxygens (including phenoxy) is 1. The second kappa shape index (κ2) is 7.34. The average Bonchev–Trinajstić information content (AvgIpc) is 2.47. The van der Waals surface area contributed by atoms with Crippen molar-refractivity contribution in [3.8, 4) is 0 Å². The van der Waals surface area contributed by atoms with Crippen molar-refractivity contribution >= 4 is 39.1 Å². The Morgan fingerprint density at radius 3 is 2.91 bits per heavy atom. The molecule has 0 fully saturated rings. The van der Waals surface area contributed by atoms with E-state index in [2.05, 4.69) is 24.6 Å². The highest BCUT2D eigenvalue weighted by Gasteiger charge is 2.11. The molecule has 10 heteroatoms. The smallest absolute Gasteiger partial charge is 0.442 e. The van der Waals surface area contributed by atoms with Gasteiger partial charge in [-0.05, 0) is 36.7 Å². The van der Waals surface area contributed by atoms with E-state index >= 15 is 0 Å². The van der Waals surface area contributed by atoms with Crippen LogP contribution in [0.25, 0.3) is 0 Å². The van der Waals surface area contributed by atoms with E-state index in [4.69, 9.17) is 16.3 Å². The second-order valence-corrected chi connectivity index (χ2v) is 6.92. The van der Waals surface area contributed by atoms with Gasteiger partial charge in [0.05, 0.1) is 16.3 Å². The number of carbonyl (C=O) groups excluding carboxylic acids is 1. The number of hydrogen-bond acceptors (Lipinski definition) is 7. The molecule has 0 radical (unpaired) electrons. The van der Waals surface area contributed by atoms with Crippen molar-refractivity contribution in [2.45, 2.75) is 11.8 Å². The first kappa shape index (κ1) is 17.1. The molecule has 0 saturated heterocycles. The van der Waals surface area contributed by atoms with E-state index in [0.29, 0.717) is 10.6 Å². The van der Waals surface area contributed by atoms with Crippen LogP contribution in [0.3, 0.4) is 0 Å². The molecule has 2 rings (SSSR count). The molecule has 2 aromatic rings. The number of benzene rings is 1. The van der Waals surface area contributed by atoms with Crippen LogP contribution in [0.1, 0.15) is 6.92 Å². The molecular weight excluding hydrogens is 342 g/mol. The molecular formula is C13H14ClN5O3S. The summed E-state index contributed by atoms with van der Waals surface area (Å²) < 4.78 is 20.9. The molecule has 122 valence electrons. The summed E-state index contributed by atoms with van der Waals surface area (Å²) in [7, 11) is -2.92. The number of hydrogen-bond donors (Lipinski definition) is 1. The number of halogens is 1. The van der Waals surface area contributed by atoms with Crippen molar-refractivity contribution < 1.29 is 13.7 Å². The zero-order valence-electron chi connectivity index (χ0n) is 12.4. The summed E-state index contributed by atoms with van der Waals surface area (Å²) in [5.74, 6) is 0.243. The van der Waals surface area contributed by atoms with Crippen molar-refractivity contribution in [2.75, 3.05) is 18.2 Å². The SMILES string of the molecule is CCOC(=O)N=S(C)(=O)c1cccc(Nc2ncnc(Cl)n2)c1. The lowest BCUT2D eigenvalue weighted by atomic mass is 10.3. The molecule has 0 bridgehead atoms. The standard InChI is InChI=1S/C13H14ClN5O3S/c1-3-22-13(20)19-23(2,21)10-6-4-5-9(7-10)17-12-16-8-15-11(14)18-12/h4-8H,3H2,1-2H3,(H,15,16,17,18). The van der Waals surface area contributed by atoms with E-state index in [9.17, 15) is 9.00 Å². The Labute approximate surface area is 138 Å². The monoisotopic (exact) mass is 355 g/mol. The summed E-state index contributed by atoms with van der Waals surface area (Å²) in [5.41, 5.74) is 0.568. The van der Waals surface area contributed by atoms with Crippen molar-refractivity contribution in [2.24, 2.45) is 4.36 Å². The number of amides is 1. The van der Waals surface area contributed by atoms with Gasteiger partial charge < -0.3 is 10.1 Å². The summed E-state index contributed by atoms with van der Waals surface area (Å²) in [6, 6.07) is 6.59. The van der Waals surface area contributed by atoms with Crippen molar-refractivity contribution in [1.82, 2.24) is 15.0 Å². The maximum absolute atomic E-state index is 12.6. The molecule has 1 aromatic heterocycles. The maximum Gasteiger partial charge on any atom is 0.442 e. The molecule has 0 aliphatic heterocycles. The highest BCUT2D eigenvalue weighted by molar-refractivity contribution is 7.93. The quantitative estimate of drug-likeness (QED) is 0.898. The summed E-state index contributed by atoms with van der Waals surface area (Å²) in [4.78, 5) is 23.3. The van der Waals surface area contributed by atoms with Crippen LogP contribution in [0.2, 0.25) is 5.28 Å². The van der Waals surface area contributed by atoms with E-state index in [1.807, 2.05) is 0 Å². The van der Waals surface area contributed by atoms with Crippen LogP contribution in [-0.4, -0.2) is 38.1 Å². The van der Waals surface area contributed by atoms with E-state index < -0.39 is 15.8 Å². The van der Waals surface area contributed by atoms with Crippen LogP contribution >= 0.6 is 11.6 Å². The van der Waals surface area contributed by atoms with Crippen LogP contribution in [0, 0.1) is 0 Å². The average molecular weight is 356 g/mol. The fraction of sp³-hybridized carbons (Fsp3) is 0.231. The minimum Gasteiger partial charge on any atom is -0.448 e. The van der Waals surface area contributed by atoms with E-state index in [1.54, 1.807) is 31.2 Å². The van der Waals surface area contributed by atoms with Gasteiger partial charge >= 0.3 is 6.09 Å². The molecule has 1 atom stereocenters. The zero-order valence-corrected chi connectivity index (χ0v) is 14.0. The predicted molar refractivity (Wildman–Crippen MR) is 86.3 cm³/mol. The van der Waals surface area contributed by atoms with Gasteiger partial charge in [-0.1, -0.05) is 6.07 Å². The Morgan fingerprint density at radius 2 is 2.22 bits per heavy atom. The zero-order chi connectivity index (χ0) is 16.9. The summed E-state index contributed by atoms with van der Waals surface area (Å²) in [5, 5.41) is 2.96. The first-order valence-corrected chi connectivity index (χ1v) is 8.81. The summed E-state index contributed by atoms with van der Waals surface area (Å²) in [6.45, 7) is 1.81. The lowest BCUT2D eigenvalue weighted by Gasteiger charge is -2.08. The number of anilines is 2. The van der Waals surface area contributed by atoms with Gasteiger partial charge in [0.1, 0.15) is 6.33 Å². The van der Waals surface area contributed by atoms with Gasteiger partial charge in [0.2, 0.25) is 11.2 Å². The van der Waals surface area contributed by atoms with Crippen molar-refractivity contribution in [3.05, 3.63) is 35.9 Å². The van der Waals surface area contributed by atoms with Crippen molar-refractivity contribution in [3.63, 3.8) is 0 Å². The van der Waals surface area contributed by atoms with Gasteiger partial charge in [0.25, 0.3) is 0 Å². The Kier molecular flexibility index (Phi) is 5.45. The minimum atomic E-state index is -2.92. The van der Waals surface area contributed by atoms with Gasteiger partial charge in [-0.25, -0.2) is 19.0 Å². The fourth-order valence-corrected chi connectivity index (χ4v) is 2.86. The lowest BCUT2D eigenvalue weighted by Crippen LogP contribution is -2.06. The van der Waals surface area contributed by atoms with Gasteiger partial charge in [-0.15, -0.1) is 4.36 Å².